The van der Waals surface area contributed by atoms with E-state index in [9.17, 15) is 4.79 Å². The molecule has 38 heavy (non-hydrogen) atoms. The molecule has 2 aromatic rings. The van der Waals surface area contributed by atoms with Crippen LogP contribution in [0.15, 0.2) is 36.0 Å². The average molecular weight is 551 g/mol. The van der Waals surface area contributed by atoms with Crippen molar-refractivity contribution in [1.29, 1.82) is 5.53 Å². The zero-order valence-electron chi connectivity index (χ0n) is 20.5. The monoisotopic (exact) mass is 550 g/mol. The van der Waals surface area contributed by atoms with Crippen molar-refractivity contribution >= 4 is 29.8 Å². The second-order valence-corrected chi connectivity index (χ2v) is 7.09. The quantitative estimate of drug-likeness (QED) is 0.243. The molecule has 0 saturated carbocycles. The van der Waals surface area contributed by atoms with Crippen LogP contribution in [0.2, 0.25) is 0 Å². The molecule has 8 nitrogen and oxygen atoms in total. The second kappa shape index (κ2) is 26.1. The fourth-order valence-electron chi connectivity index (χ4n) is 1.96. The molecule has 0 spiro atoms. The van der Waals surface area contributed by atoms with Crippen molar-refractivity contribution in [1.82, 2.24) is 15.2 Å². The van der Waals surface area contributed by atoms with Gasteiger partial charge < -0.3 is 10.2 Å². The number of carbonyl (C=O) groups excluding carboxylic acids is 1. The van der Waals surface area contributed by atoms with E-state index >= 15 is 0 Å². The van der Waals surface area contributed by atoms with Crippen LogP contribution in [-0.2, 0) is 12.5 Å². The molecule has 0 saturated heterocycles. The van der Waals surface area contributed by atoms with Gasteiger partial charge in [-0.05, 0) is 113 Å². The molecule has 2 heterocycles. The molecule has 200 valence electrons. The molecular weight excluding hydrogens is 516 g/mol. The first kappa shape index (κ1) is 34.7. The summed E-state index contributed by atoms with van der Waals surface area (Å²) in [4.78, 5) is 21.0. The third-order valence-corrected chi connectivity index (χ3v) is 4.28. The van der Waals surface area contributed by atoms with Gasteiger partial charge in [0.15, 0.2) is 12.5 Å². The zero-order valence-corrected chi connectivity index (χ0v) is 22.1. The minimum absolute atomic E-state index is 0. The summed E-state index contributed by atoms with van der Waals surface area (Å²) in [6.07, 6.45) is 13.1. The molecule has 0 aliphatic rings. The summed E-state index contributed by atoms with van der Waals surface area (Å²) < 4.78 is 7.83. The number of carbonyl (C=O) groups is 1. The van der Waals surface area contributed by atoms with E-state index in [1.54, 1.807) is 28.6 Å². The van der Waals surface area contributed by atoms with Crippen molar-refractivity contribution < 1.29 is 19.0 Å². The summed E-state index contributed by atoms with van der Waals surface area (Å²) in [6.45, 7) is 1.46. The molecule has 0 aliphatic carbocycles. The van der Waals surface area contributed by atoms with Crippen LogP contribution >= 0.6 is 11.3 Å². The summed E-state index contributed by atoms with van der Waals surface area (Å²) in [5.41, 5.74) is 13.8. The maximum Gasteiger partial charge on any atom is 0.252 e. The van der Waals surface area contributed by atoms with Gasteiger partial charge in [0.25, 0.3) is 5.91 Å². The van der Waals surface area contributed by atoms with Gasteiger partial charge in [-0.3, -0.25) is 9.78 Å². The first-order valence-electron chi connectivity index (χ1n) is 10.0. The third-order valence-electron chi connectivity index (χ3n) is 3.36. The van der Waals surface area contributed by atoms with E-state index in [2.05, 4.69) is 93.9 Å². The predicted molar refractivity (Wildman–Crippen MR) is 167 cm³/mol. The highest BCUT2D eigenvalue weighted by atomic mass is 32.1. The fourth-order valence-corrected chi connectivity index (χ4v) is 2.67. The van der Waals surface area contributed by atoms with Crippen molar-refractivity contribution in [3.63, 3.8) is 0 Å². The van der Waals surface area contributed by atoms with Gasteiger partial charge >= 0.3 is 0 Å². The number of amides is 1. The highest BCUT2D eigenvalue weighted by Crippen LogP contribution is 2.24. The lowest BCUT2D eigenvalue weighted by Crippen LogP contribution is -2.31. The van der Waals surface area contributed by atoms with Crippen LogP contribution in [0.1, 0.15) is 20.3 Å². The molecule has 0 atom stereocenters. The number of pyridine rings is 1. The Kier molecular flexibility index (Phi) is 23.9. The average Bonchev–Trinajstić information content (AvgIpc) is 3.47. The highest BCUT2D eigenvalue weighted by molar-refractivity contribution is 7.44. The number of nitrogens with zero attached hydrogens (tertiary/aromatic N) is 4. The topological polar surface area (TPSA) is 123 Å². The minimum atomic E-state index is -0.0762. The molecule has 0 aliphatic heterocycles. The Bertz CT molecular complexity index is 1430. The van der Waals surface area contributed by atoms with Crippen molar-refractivity contribution in [2.45, 2.75) is 0 Å². The van der Waals surface area contributed by atoms with Gasteiger partial charge in [-0.15, -0.1) is 29.7 Å². The normalized spacial score (nSPS) is 6.97. The van der Waals surface area contributed by atoms with Crippen LogP contribution in [0, 0.1) is 89.4 Å². The van der Waals surface area contributed by atoms with E-state index in [1.807, 2.05) is 42.6 Å². The molecule has 2 aromatic heterocycles. The number of rotatable bonds is 5. The second-order valence-electron chi connectivity index (χ2n) is 6.14. The Morgan fingerprint density at radius 1 is 1.08 bits per heavy atom. The van der Waals surface area contributed by atoms with Gasteiger partial charge in [0.1, 0.15) is 0 Å². The number of aromatic nitrogens is 1. The van der Waals surface area contributed by atoms with Gasteiger partial charge in [-0.2, -0.15) is 4.21 Å². The van der Waals surface area contributed by atoms with E-state index in [-0.39, 0.29) is 15.9 Å². The molecule has 0 unspecified atom stereocenters. The van der Waals surface area contributed by atoms with Crippen LogP contribution in [0.3, 0.4) is 0 Å². The number of hydrogen-bond donors (Lipinski definition) is 2. The van der Waals surface area contributed by atoms with E-state index in [0.717, 1.165) is 17.0 Å². The van der Waals surface area contributed by atoms with Gasteiger partial charge in [-0.1, -0.05) is 6.07 Å². The predicted octanol–water partition coefficient (Wildman–Crippen LogP) is 4.63. The van der Waals surface area contributed by atoms with Crippen LogP contribution in [0.5, 0.6) is 0 Å². The Balaban J connectivity index is -0.0000000648. The summed E-state index contributed by atoms with van der Waals surface area (Å²) in [5.74, 6) is 28.2. The molecule has 0 bridgehead atoms. The lowest BCUT2D eigenvalue weighted by molar-refractivity contribution is 0.0950. The molecule has 0 fully saturated rings. The van der Waals surface area contributed by atoms with Crippen molar-refractivity contribution in [2.24, 2.45) is 0 Å². The van der Waals surface area contributed by atoms with E-state index in [0.29, 0.717) is 12.1 Å². The smallest absolute Gasteiger partial charge is 0.252 e. The van der Waals surface area contributed by atoms with Crippen LogP contribution < -0.4 is 5.32 Å². The molecule has 1 amide bonds. The SMILES string of the molecule is C#CC#CC#CC#CC#CC#CC#C.CN(C)CCNC(=O)c1cncc(-c2cccs2)c1.O=S.[HH].[HH].[HH].[HH].[HH].[HH].[HH].[N-]=[N+]=N. The maximum absolute atomic E-state index is 12.0. The fraction of sp³-hybridized carbons (Fsp3) is 0.143. The summed E-state index contributed by atoms with van der Waals surface area (Å²) >= 11 is 4.47. The number of terminal acetylenes is 2. The maximum atomic E-state index is 12.0. The summed E-state index contributed by atoms with van der Waals surface area (Å²) in [6, 6.07) is 5.89. The molecule has 2 rings (SSSR count). The van der Waals surface area contributed by atoms with Gasteiger partial charge in [0, 0.05) is 45.9 Å². The van der Waals surface area contributed by atoms with Crippen LogP contribution in [0.4, 0.5) is 0 Å². The van der Waals surface area contributed by atoms with Crippen molar-refractivity contribution in [3.8, 4) is 94.3 Å². The van der Waals surface area contributed by atoms with E-state index < -0.39 is 0 Å². The van der Waals surface area contributed by atoms with Gasteiger partial charge in [0.2, 0.25) is 0 Å². The first-order chi connectivity index (χ1) is 18.5. The van der Waals surface area contributed by atoms with Crippen molar-refractivity contribution in [3.05, 3.63) is 52.0 Å². The van der Waals surface area contributed by atoms with E-state index in [1.165, 1.54) is 0 Å². The lowest BCUT2D eigenvalue weighted by Gasteiger charge is -2.10. The zero-order chi connectivity index (χ0) is 28.9. The summed E-state index contributed by atoms with van der Waals surface area (Å²) in [7, 11) is 3.95. The largest absolute Gasteiger partial charge is 0.351 e. The van der Waals surface area contributed by atoms with Gasteiger partial charge in [-0.25, -0.2) is 0 Å². The molecule has 2 N–H and O–H groups in total. The first-order valence-corrected chi connectivity index (χ1v) is 11.2. The van der Waals surface area contributed by atoms with Gasteiger partial charge in [0.05, 0.1) is 5.56 Å². The lowest BCUT2D eigenvalue weighted by atomic mass is 10.1. The Morgan fingerprint density at radius 2 is 1.58 bits per heavy atom. The standard InChI is InChI=1S/C14H17N3OS.C14H2.HN3.OS.7H2/c1-17(2)6-5-16-14(18)12-8-11(9-15-10-12)13-4-3-7-19-13;1-3-5-7-9-11-13-14-12-10-8-6-4-2;1-3-2;1-2;;;;;;;/h3-4,7-10H,5-6H2,1-2H3,(H,16,18);1-2H;1H;;7*1H. The van der Waals surface area contributed by atoms with Crippen LogP contribution in [-0.4, -0.2) is 47.2 Å². The molecule has 10 heteroatoms. The molecule has 0 aromatic carbocycles. The Labute approximate surface area is 243 Å². The summed E-state index contributed by atoms with van der Waals surface area (Å²) in [5, 5.41) is 4.90. The molecule has 0 radical (unpaired) electrons. The number of likely N-dealkylation sites (N-methyl/N-ethyl adjacent to an activating group) is 1. The van der Waals surface area contributed by atoms with Crippen molar-refractivity contribution in [2.75, 3.05) is 27.2 Å². The number of nitrogens with one attached hydrogen (secondary N) is 2. The Morgan fingerprint density at radius 3 is 2.00 bits per heavy atom. The van der Waals surface area contributed by atoms with Crippen LogP contribution in [0.25, 0.3) is 20.9 Å². The van der Waals surface area contributed by atoms with E-state index in [4.69, 9.17) is 28.1 Å². The number of hydrogen-bond acceptors (Lipinski definition) is 7. The highest BCUT2D eigenvalue weighted by Gasteiger charge is 2.08. The molecular formula is C28H34N6O2S2. The minimum Gasteiger partial charge on any atom is -0.351 e. The Hall–Kier alpha value is -5.47. The number of thiophene rings is 1. The third kappa shape index (κ3) is 20.0.